The molecule has 1 fully saturated rings. The highest BCUT2D eigenvalue weighted by Gasteiger charge is 2.27. The summed E-state index contributed by atoms with van der Waals surface area (Å²) in [4.78, 5) is 19.1. The van der Waals surface area contributed by atoms with Crippen LogP contribution in [0.1, 0.15) is 11.1 Å². The van der Waals surface area contributed by atoms with Crippen molar-refractivity contribution in [2.45, 2.75) is 6.61 Å². The van der Waals surface area contributed by atoms with E-state index >= 15 is 0 Å². The van der Waals surface area contributed by atoms with Crippen LogP contribution in [0.4, 0.5) is 0 Å². The van der Waals surface area contributed by atoms with E-state index in [9.17, 15) is 4.79 Å². The fourth-order valence-corrected chi connectivity index (χ4v) is 3.94. The van der Waals surface area contributed by atoms with E-state index < -0.39 is 0 Å². The number of rotatable bonds is 4. The number of ether oxygens (including phenoxy) is 2. The van der Waals surface area contributed by atoms with Crippen LogP contribution in [0.25, 0.3) is 6.08 Å². The minimum Gasteiger partial charge on any atom is -0.489 e. The zero-order valence-electron chi connectivity index (χ0n) is 15.1. The van der Waals surface area contributed by atoms with E-state index in [0.717, 1.165) is 35.1 Å². The maximum atomic E-state index is 12.2. The number of thioether (sulfide) groups is 1. The molecule has 1 saturated heterocycles. The Hall–Kier alpha value is -2.28. The van der Waals surface area contributed by atoms with Crippen LogP contribution >= 0.6 is 23.4 Å². The molecule has 2 aliphatic rings. The van der Waals surface area contributed by atoms with Crippen LogP contribution in [0, 0.1) is 0 Å². The Bertz CT molecular complexity index is 904. The second-order valence-corrected chi connectivity index (χ2v) is 7.84. The van der Waals surface area contributed by atoms with Gasteiger partial charge in [-0.05, 0) is 53.2 Å². The van der Waals surface area contributed by atoms with Crippen molar-refractivity contribution in [3.05, 3.63) is 69.6 Å². The average molecular weight is 415 g/mol. The summed E-state index contributed by atoms with van der Waals surface area (Å²) in [5.41, 5.74) is 1.99. The Morgan fingerprint density at radius 2 is 1.82 bits per heavy atom. The Morgan fingerprint density at radius 1 is 1.11 bits per heavy atom. The van der Waals surface area contributed by atoms with Gasteiger partial charge in [0.25, 0.3) is 5.91 Å². The number of aliphatic imine (C=N–C) groups is 1. The van der Waals surface area contributed by atoms with Crippen LogP contribution in [0.15, 0.2) is 58.4 Å². The van der Waals surface area contributed by atoms with Gasteiger partial charge in [-0.3, -0.25) is 4.79 Å². The van der Waals surface area contributed by atoms with E-state index in [4.69, 9.17) is 21.1 Å². The summed E-state index contributed by atoms with van der Waals surface area (Å²) in [7, 11) is 0. The lowest BCUT2D eigenvalue weighted by atomic mass is 10.2. The Labute approximate surface area is 173 Å². The van der Waals surface area contributed by atoms with Gasteiger partial charge in [-0.1, -0.05) is 35.9 Å². The highest BCUT2D eigenvalue weighted by atomic mass is 35.5. The third-order valence-electron chi connectivity index (χ3n) is 4.39. The molecule has 0 unspecified atom stereocenters. The number of benzene rings is 2. The molecule has 7 heteroatoms. The average Bonchev–Trinajstić information content (AvgIpc) is 3.10. The summed E-state index contributed by atoms with van der Waals surface area (Å²) in [5.74, 6) is 0.585. The normalized spacial score (nSPS) is 18.5. The zero-order chi connectivity index (χ0) is 19.3. The predicted octanol–water partition coefficient (Wildman–Crippen LogP) is 4.22. The topological polar surface area (TPSA) is 51.1 Å². The van der Waals surface area contributed by atoms with Crippen molar-refractivity contribution >= 4 is 40.5 Å². The third kappa shape index (κ3) is 4.76. The van der Waals surface area contributed by atoms with Gasteiger partial charge in [0.2, 0.25) is 0 Å². The summed E-state index contributed by atoms with van der Waals surface area (Å²) >= 11 is 7.31. The third-order valence-corrected chi connectivity index (χ3v) is 5.68. The van der Waals surface area contributed by atoms with Gasteiger partial charge in [0.05, 0.1) is 18.1 Å². The molecule has 0 N–H and O–H groups in total. The fourth-order valence-electron chi connectivity index (χ4n) is 2.85. The first-order valence-electron chi connectivity index (χ1n) is 9.00. The van der Waals surface area contributed by atoms with Gasteiger partial charge in [0.1, 0.15) is 12.4 Å². The number of amides is 1. The second-order valence-electron chi connectivity index (χ2n) is 6.39. The molecule has 2 aromatic rings. The van der Waals surface area contributed by atoms with Gasteiger partial charge >= 0.3 is 0 Å². The van der Waals surface area contributed by atoms with Crippen molar-refractivity contribution in [3.8, 4) is 5.75 Å². The van der Waals surface area contributed by atoms with E-state index in [0.29, 0.717) is 29.7 Å². The number of carbonyl (C=O) groups is 1. The molecule has 2 heterocycles. The van der Waals surface area contributed by atoms with Gasteiger partial charge in [0, 0.05) is 18.1 Å². The number of morpholine rings is 1. The maximum Gasteiger partial charge on any atom is 0.286 e. The van der Waals surface area contributed by atoms with E-state index in [1.165, 1.54) is 11.8 Å². The SMILES string of the molecule is O=C1N=C(N2CCOCC2)S/C1=C\c1ccc(OCc2ccc(Cl)cc2)cc1. The van der Waals surface area contributed by atoms with Gasteiger partial charge in [-0.25, -0.2) is 0 Å². The lowest BCUT2D eigenvalue weighted by molar-refractivity contribution is -0.113. The van der Waals surface area contributed by atoms with Crippen molar-refractivity contribution < 1.29 is 14.3 Å². The molecule has 0 radical (unpaired) electrons. The second kappa shape index (κ2) is 8.82. The number of hydrogen-bond acceptors (Lipinski definition) is 5. The van der Waals surface area contributed by atoms with Crippen molar-refractivity contribution in [1.29, 1.82) is 0 Å². The number of hydrogen-bond donors (Lipinski definition) is 0. The van der Waals surface area contributed by atoms with Crippen molar-refractivity contribution in [1.82, 2.24) is 4.90 Å². The molecule has 144 valence electrons. The summed E-state index contributed by atoms with van der Waals surface area (Å²) in [6.45, 7) is 3.36. The van der Waals surface area contributed by atoms with Crippen LogP contribution in [-0.4, -0.2) is 42.3 Å². The fraction of sp³-hybridized carbons (Fsp3) is 0.238. The number of nitrogens with zero attached hydrogens (tertiary/aromatic N) is 2. The standard InChI is InChI=1S/C21H19ClN2O3S/c22-17-5-1-16(2-6-17)14-27-18-7-3-15(4-8-18)13-19-20(25)23-21(28-19)24-9-11-26-12-10-24/h1-8,13H,9-12,14H2/b19-13-. The molecular weight excluding hydrogens is 396 g/mol. The first kappa shape index (κ1) is 19.1. The lowest BCUT2D eigenvalue weighted by Gasteiger charge is -2.27. The van der Waals surface area contributed by atoms with Crippen LogP contribution in [0.5, 0.6) is 5.75 Å². The number of halogens is 1. The van der Waals surface area contributed by atoms with Crippen LogP contribution in [0.3, 0.4) is 0 Å². The van der Waals surface area contributed by atoms with E-state index in [2.05, 4.69) is 9.89 Å². The van der Waals surface area contributed by atoms with Gasteiger partial charge in [0.15, 0.2) is 5.17 Å². The van der Waals surface area contributed by atoms with Crippen LogP contribution in [0.2, 0.25) is 5.02 Å². The van der Waals surface area contributed by atoms with Crippen LogP contribution in [-0.2, 0) is 16.1 Å². The van der Waals surface area contributed by atoms with Gasteiger partial charge in [-0.15, -0.1) is 0 Å². The predicted molar refractivity (Wildman–Crippen MR) is 113 cm³/mol. The molecule has 0 bridgehead atoms. The van der Waals surface area contributed by atoms with Crippen LogP contribution < -0.4 is 4.74 Å². The minimum absolute atomic E-state index is 0.186. The first-order chi connectivity index (χ1) is 13.7. The molecule has 4 rings (SSSR count). The molecule has 0 spiro atoms. The molecule has 0 atom stereocenters. The first-order valence-corrected chi connectivity index (χ1v) is 10.2. The van der Waals surface area contributed by atoms with Crippen molar-refractivity contribution in [2.24, 2.45) is 4.99 Å². The maximum absolute atomic E-state index is 12.2. The molecular formula is C21H19ClN2O3S. The van der Waals surface area contributed by atoms with E-state index in [-0.39, 0.29) is 5.91 Å². The molecule has 5 nitrogen and oxygen atoms in total. The lowest BCUT2D eigenvalue weighted by Crippen LogP contribution is -2.38. The quantitative estimate of drug-likeness (QED) is 0.701. The molecule has 0 saturated carbocycles. The van der Waals surface area contributed by atoms with E-state index in [1.807, 2.05) is 54.6 Å². The molecule has 28 heavy (non-hydrogen) atoms. The minimum atomic E-state index is -0.186. The molecule has 0 aromatic heterocycles. The smallest absolute Gasteiger partial charge is 0.286 e. The number of amidine groups is 1. The van der Waals surface area contributed by atoms with Crippen molar-refractivity contribution in [3.63, 3.8) is 0 Å². The number of carbonyl (C=O) groups excluding carboxylic acids is 1. The zero-order valence-corrected chi connectivity index (χ0v) is 16.7. The van der Waals surface area contributed by atoms with Gasteiger partial charge < -0.3 is 14.4 Å². The summed E-state index contributed by atoms with van der Waals surface area (Å²) in [6, 6.07) is 15.2. The largest absolute Gasteiger partial charge is 0.489 e. The molecule has 1 amide bonds. The molecule has 0 aliphatic carbocycles. The van der Waals surface area contributed by atoms with Crippen molar-refractivity contribution in [2.75, 3.05) is 26.3 Å². The molecule has 2 aliphatic heterocycles. The highest BCUT2D eigenvalue weighted by Crippen LogP contribution is 2.30. The Morgan fingerprint density at radius 3 is 2.54 bits per heavy atom. The summed E-state index contributed by atoms with van der Waals surface area (Å²) < 4.78 is 11.1. The Kier molecular flexibility index (Phi) is 6.00. The van der Waals surface area contributed by atoms with Gasteiger partial charge in [-0.2, -0.15) is 4.99 Å². The molecule has 2 aromatic carbocycles. The summed E-state index contributed by atoms with van der Waals surface area (Å²) in [5, 5.41) is 1.48. The monoisotopic (exact) mass is 414 g/mol. The Balaban J connectivity index is 1.36. The summed E-state index contributed by atoms with van der Waals surface area (Å²) in [6.07, 6.45) is 1.87. The highest BCUT2D eigenvalue weighted by molar-refractivity contribution is 8.18. The van der Waals surface area contributed by atoms with E-state index in [1.54, 1.807) is 0 Å².